The molecule has 3 aliphatic rings. The maximum absolute atomic E-state index is 13.2. The number of carbonyl (C=O) groups is 1. The van der Waals surface area contributed by atoms with Crippen LogP contribution < -0.4 is 10.0 Å². The highest BCUT2D eigenvalue weighted by molar-refractivity contribution is 7.87. The van der Waals surface area contributed by atoms with E-state index in [9.17, 15) is 37.8 Å². The zero-order valence-electron chi connectivity index (χ0n) is 23.7. The van der Waals surface area contributed by atoms with Crippen LogP contribution in [0.2, 0.25) is 5.28 Å². The van der Waals surface area contributed by atoms with Crippen LogP contribution in [0.5, 0.6) is 0 Å². The molecule has 18 nitrogen and oxygen atoms in total. The molecule has 0 bridgehead atoms. The zero-order chi connectivity index (χ0) is 31.9. The number of methoxy groups -OCH3 is 1. The van der Waals surface area contributed by atoms with Gasteiger partial charge in [0, 0.05) is 26.2 Å². The van der Waals surface area contributed by atoms with Gasteiger partial charge in [0.15, 0.2) is 11.9 Å². The largest absolute Gasteiger partial charge is 0.387 e. The summed E-state index contributed by atoms with van der Waals surface area (Å²) < 4.78 is 58.0. The molecule has 6 N–H and O–H groups in total. The fraction of sp³-hybridized carbons (Fsp3) is 0.739. The predicted molar refractivity (Wildman–Crippen MR) is 153 cm³/mol. The monoisotopic (exact) mass is 683 g/mol. The summed E-state index contributed by atoms with van der Waals surface area (Å²) in [5.74, 6) is -1.23. The third kappa shape index (κ3) is 6.46. The van der Waals surface area contributed by atoms with Crippen LogP contribution in [0.25, 0.3) is 11.0 Å². The van der Waals surface area contributed by atoms with Crippen LogP contribution in [0.1, 0.15) is 44.8 Å². The van der Waals surface area contributed by atoms with Gasteiger partial charge in [0.25, 0.3) is 11.2 Å². The number of nitrogens with zero attached hydrogens (tertiary/aromatic N) is 5. The normalized spacial score (nSPS) is 26.8. The number of hydrogen-bond acceptors (Lipinski definition) is 13. The van der Waals surface area contributed by atoms with Crippen LogP contribution in [0.15, 0.2) is 6.20 Å². The number of halogens is 1. The Morgan fingerprint density at radius 1 is 1.18 bits per heavy atom. The third-order valence-electron chi connectivity index (χ3n) is 7.98. The molecule has 0 aromatic carbocycles. The molecule has 0 unspecified atom stereocenters. The second-order valence-electron chi connectivity index (χ2n) is 11.0. The Morgan fingerprint density at radius 2 is 1.86 bits per heavy atom. The SMILES string of the molecule is COC[C@@](OC[C@H]1O[C@@H](n2ncc3c(NC4CCCC4)nc(Cl)nc32)[C@H](O)[C@@H]1O)(C(=O)NS(=O)(=O)N1CCCC1)P(=O)(O)O. The first-order chi connectivity index (χ1) is 20.8. The molecule has 1 aliphatic carbocycles. The molecular weight excluding hydrogens is 649 g/mol. The van der Waals surface area contributed by atoms with Crippen molar-refractivity contribution in [1.82, 2.24) is 28.8 Å². The van der Waals surface area contributed by atoms with Gasteiger partial charge in [-0.25, -0.2) is 9.40 Å². The fourth-order valence-electron chi connectivity index (χ4n) is 5.61. The summed E-state index contributed by atoms with van der Waals surface area (Å²) in [5.41, 5.74) is 0.179. The fourth-order valence-corrected chi connectivity index (χ4v) is 7.97. The van der Waals surface area contributed by atoms with Gasteiger partial charge in [0.05, 0.1) is 24.8 Å². The highest BCUT2D eigenvalue weighted by Crippen LogP contribution is 2.52. The first-order valence-corrected chi connectivity index (χ1v) is 17.4. The molecule has 5 rings (SSSR count). The summed E-state index contributed by atoms with van der Waals surface area (Å²) >= 11 is 6.18. The molecular formula is C23H35ClN7O11PS. The van der Waals surface area contributed by atoms with E-state index in [4.69, 9.17) is 25.8 Å². The summed E-state index contributed by atoms with van der Waals surface area (Å²) in [6, 6.07) is 0.188. The van der Waals surface area contributed by atoms with Crippen LogP contribution in [0.3, 0.4) is 0 Å². The van der Waals surface area contributed by atoms with Gasteiger partial charge in [-0.1, -0.05) is 12.8 Å². The van der Waals surface area contributed by atoms with Crippen LogP contribution in [-0.2, 0) is 33.8 Å². The van der Waals surface area contributed by atoms with Crippen LogP contribution in [0.4, 0.5) is 5.82 Å². The van der Waals surface area contributed by atoms with E-state index in [1.807, 2.05) is 0 Å². The standard InChI is InChI=1S/C23H35ClN7O11PS/c1-40-12-23(43(35,36)37,21(34)29-44(38,39)30-8-4-5-9-30)41-11-15-16(32)17(33)20(42-15)31-19-14(10-25-31)18(27-22(24)28-19)26-13-6-2-3-7-13/h10,13,15-17,20,32-33H,2-9,11-12H2,1H3,(H,29,34)(H,26,27,28)(H2,35,36,37)/t15-,16-,17-,20-,23+/m1/s1. The van der Waals surface area contributed by atoms with Gasteiger partial charge in [0.1, 0.15) is 24.1 Å². The average Bonchev–Trinajstić information content (AvgIpc) is 3.76. The number of rotatable bonds is 12. The highest BCUT2D eigenvalue weighted by atomic mass is 35.5. The molecule has 0 spiro atoms. The van der Waals surface area contributed by atoms with Crippen molar-refractivity contribution in [1.29, 1.82) is 0 Å². The minimum Gasteiger partial charge on any atom is -0.387 e. The maximum Gasteiger partial charge on any atom is 0.369 e. The number of ether oxygens (including phenoxy) is 3. The molecule has 21 heteroatoms. The quantitative estimate of drug-likeness (QED) is 0.121. The Labute approximate surface area is 257 Å². The molecule has 1 saturated carbocycles. The number of aromatic nitrogens is 4. The number of carbonyl (C=O) groups excluding carboxylic acids is 1. The highest BCUT2D eigenvalue weighted by Gasteiger charge is 2.58. The predicted octanol–water partition coefficient (Wildman–Crippen LogP) is -0.553. The van der Waals surface area contributed by atoms with Crippen molar-refractivity contribution in [3.63, 3.8) is 0 Å². The number of anilines is 1. The van der Waals surface area contributed by atoms with Crippen LogP contribution in [0, 0.1) is 0 Å². The number of hydrogen-bond donors (Lipinski definition) is 6. The lowest BCUT2D eigenvalue weighted by Crippen LogP contribution is -2.56. The summed E-state index contributed by atoms with van der Waals surface area (Å²) in [7, 11) is -9.03. The number of aliphatic hydroxyl groups is 2. The first-order valence-electron chi connectivity index (χ1n) is 14.0. The summed E-state index contributed by atoms with van der Waals surface area (Å²) in [6.07, 6.45) is 0.449. The minimum atomic E-state index is -5.61. The smallest absolute Gasteiger partial charge is 0.369 e. The van der Waals surface area contributed by atoms with E-state index in [1.54, 1.807) is 4.72 Å². The van der Waals surface area contributed by atoms with Crippen molar-refractivity contribution in [2.24, 2.45) is 0 Å². The van der Waals surface area contributed by atoms with E-state index in [0.29, 0.717) is 24.0 Å². The number of nitrogens with one attached hydrogen (secondary N) is 2. The molecule has 3 fully saturated rings. The molecule has 4 heterocycles. The van der Waals surface area contributed by atoms with Gasteiger partial charge >= 0.3 is 17.8 Å². The molecule has 0 radical (unpaired) electrons. The van der Waals surface area contributed by atoms with Gasteiger partial charge in [-0.05, 0) is 37.3 Å². The minimum absolute atomic E-state index is 0.103. The Morgan fingerprint density at radius 3 is 2.50 bits per heavy atom. The summed E-state index contributed by atoms with van der Waals surface area (Å²) in [5, 5.41) is 26.5. The Bertz CT molecular complexity index is 1520. The zero-order valence-corrected chi connectivity index (χ0v) is 26.1. The Hall–Kier alpha value is -2.03. The Balaban J connectivity index is 1.37. The number of aliphatic hydroxyl groups excluding tert-OH is 2. The van der Waals surface area contributed by atoms with E-state index in [2.05, 4.69) is 20.4 Å². The number of amides is 1. The lowest BCUT2D eigenvalue weighted by atomic mass is 10.1. The van der Waals surface area contributed by atoms with Gasteiger partial charge in [-0.2, -0.15) is 27.8 Å². The Kier molecular flexibility index (Phi) is 9.85. The summed E-state index contributed by atoms with van der Waals surface area (Å²) in [6.45, 7) is -1.68. The van der Waals surface area contributed by atoms with Crippen molar-refractivity contribution in [3.8, 4) is 0 Å². The molecule has 246 valence electrons. The second kappa shape index (κ2) is 13.0. The lowest BCUT2D eigenvalue weighted by molar-refractivity contribution is -0.151. The van der Waals surface area contributed by atoms with Crippen molar-refractivity contribution in [2.45, 2.75) is 74.4 Å². The van der Waals surface area contributed by atoms with Gasteiger partial charge in [-0.15, -0.1) is 0 Å². The van der Waals surface area contributed by atoms with E-state index in [0.717, 1.165) is 37.1 Å². The summed E-state index contributed by atoms with van der Waals surface area (Å²) in [4.78, 5) is 42.1. The van der Waals surface area contributed by atoms with Gasteiger partial charge in [0.2, 0.25) is 5.28 Å². The average molecular weight is 684 g/mol. The first kappa shape index (κ1) is 33.3. The topological polar surface area (TPSA) is 248 Å². The maximum atomic E-state index is 13.2. The molecule has 1 amide bonds. The molecule has 2 aromatic rings. The van der Waals surface area contributed by atoms with E-state index >= 15 is 0 Å². The molecule has 2 aromatic heterocycles. The van der Waals surface area contributed by atoms with Gasteiger partial charge in [-0.3, -0.25) is 9.36 Å². The van der Waals surface area contributed by atoms with Crippen molar-refractivity contribution in [3.05, 3.63) is 11.5 Å². The second-order valence-corrected chi connectivity index (χ2v) is 14.8. The number of fused-ring (bicyclic) bond motifs is 1. The van der Waals surface area contributed by atoms with E-state index in [1.165, 1.54) is 10.9 Å². The van der Waals surface area contributed by atoms with Crippen LogP contribution in [-0.4, -0.2) is 121 Å². The van der Waals surface area contributed by atoms with Crippen molar-refractivity contribution < 1.29 is 52.0 Å². The third-order valence-corrected chi connectivity index (χ3v) is 11.0. The van der Waals surface area contributed by atoms with Crippen molar-refractivity contribution in [2.75, 3.05) is 38.7 Å². The molecule has 5 atom stereocenters. The molecule has 2 aliphatic heterocycles. The van der Waals surface area contributed by atoms with Gasteiger partial charge < -0.3 is 39.5 Å². The molecule has 44 heavy (non-hydrogen) atoms. The lowest BCUT2D eigenvalue weighted by Gasteiger charge is -2.33. The van der Waals surface area contributed by atoms with E-state index in [-0.39, 0.29) is 30.1 Å². The van der Waals surface area contributed by atoms with Crippen LogP contribution >= 0.6 is 19.2 Å². The van der Waals surface area contributed by atoms with Crippen molar-refractivity contribution >= 4 is 52.2 Å². The molecule has 2 saturated heterocycles. The van der Waals surface area contributed by atoms with E-state index < -0.39 is 66.8 Å².